The van der Waals surface area contributed by atoms with Crippen molar-refractivity contribution in [3.63, 3.8) is 0 Å². The van der Waals surface area contributed by atoms with Crippen molar-refractivity contribution in [2.75, 3.05) is 12.4 Å². The van der Waals surface area contributed by atoms with Crippen LogP contribution in [0.5, 0.6) is 0 Å². The van der Waals surface area contributed by atoms with E-state index < -0.39 is 0 Å². The molecule has 2 aromatic rings. The Labute approximate surface area is 114 Å². The van der Waals surface area contributed by atoms with E-state index in [1.165, 1.54) is 10.5 Å². The van der Waals surface area contributed by atoms with Crippen LogP contribution < -0.4 is 5.32 Å². The van der Waals surface area contributed by atoms with Crippen LogP contribution in [0.4, 0.5) is 5.82 Å². The Balaban J connectivity index is 2.00. The molecule has 2 rings (SSSR count). The van der Waals surface area contributed by atoms with Gasteiger partial charge in [0.1, 0.15) is 5.82 Å². The number of pyridine rings is 1. The molecule has 0 spiro atoms. The summed E-state index contributed by atoms with van der Waals surface area (Å²) >= 11 is 5.35. The van der Waals surface area contributed by atoms with E-state index in [4.69, 9.17) is 0 Å². The van der Waals surface area contributed by atoms with Gasteiger partial charge in [-0.25, -0.2) is 4.98 Å². The lowest BCUT2D eigenvalue weighted by Crippen LogP contribution is -1.92. The first-order valence-electron chi connectivity index (χ1n) is 5.29. The number of rotatable bonds is 4. The number of benzene rings is 1. The van der Waals surface area contributed by atoms with Crippen LogP contribution in [0.25, 0.3) is 0 Å². The lowest BCUT2D eigenvalue weighted by molar-refractivity contribution is 1.23. The molecule has 0 aliphatic heterocycles. The van der Waals surface area contributed by atoms with Gasteiger partial charge in [0, 0.05) is 28.4 Å². The van der Waals surface area contributed by atoms with Crippen LogP contribution in [-0.4, -0.2) is 12.0 Å². The molecule has 0 unspecified atom stereocenters. The molecule has 1 heterocycles. The number of anilines is 1. The van der Waals surface area contributed by atoms with Crippen LogP contribution in [0.3, 0.4) is 0 Å². The van der Waals surface area contributed by atoms with E-state index in [9.17, 15) is 0 Å². The minimum Gasteiger partial charge on any atom is -0.373 e. The maximum atomic E-state index is 4.30. The van der Waals surface area contributed by atoms with Crippen LogP contribution in [0, 0.1) is 0 Å². The summed E-state index contributed by atoms with van der Waals surface area (Å²) < 4.78 is 1.14. The second-order valence-corrected chi connectivity index (χ2v) is 5.39. The number of thioether (sulfide) groups is 1. The largest absolute Gasteiger partial charge is 0.373 e. The Kier molecular flexibility index (Phi) is 4.45. The van der Waals surface area contributed by atoms with Gasteiger partial charge >= 0.3 is 0 Å². The first-order chi connectivity index (χ1) is 8.29. The number of halogens is 1. The fraction of sp³-hybridized carbons (Fsp3) is 0.154. The van der Waals surface area contributed by atoms with Crippen LogP contribution >= 0.6 is 27.7 Å². The highest BCUT2D eigenvalue weighted by Gasteiger charge is 2.00. The number of hydrogen-bond acceptors (Lipinski definition) is 3. The summed E-state index contributed by atoms with van der Waals surface area (Å²) in [6.07, 6.45) is 1.91. The summed E-state index contributed by atoms with van der Waals surface area (Å²) in [6, 6.07) is 12.3. The van der Waals surface area contributed by atoms with Crippen molar-refractivity contribution >= 4 is 33.5 Å². The average Bonchev–Trinajstić information content (AvgIpc) is 2.38. The van der Waals surface area contributed by atoms with Crippen molar-refractivity contribution in [1.82, 2.24) is 4.98 Å². The summed E-state index contributed by atoms with van der Waals surface area (Å²) in [7, 11) is 1.87. The Bertz CT molecular complexity index is 485. The molecule has 0 aliphatic carbocycles. The van der Waals surface area contributed by atoms with Crippen LogP contribution in [0.15, 0.2) is 52.0 Å². The normalized spacial score (nSPS) is 10.2. The molecule has 0 saturated carbocycles. The SMILES string of the molecule is CNc1ccc(CSc2ccccc2Br)cn1. The fourth-order valence-corrected chi connectivity index (χ4v) is 2.88. The molecule has 0 saturated heterocycles. The Morgan fingerprint density at radius 3 is 2.71 bits per heavy atom. The van der Waals surface area contributed by atoms with E-state index >= 15 is 0 Å². The summed E-state index contributed by atoms with van der Waals surface area (Å²) in [5, 5.41) is 3.01. The average molecular weight is 309 g/mol. The zero-order valence-electron chi connectivity index (χ0n) is 9.48. The zero-order chi connectivity index (χ0) is 12.1. The van der Waals surface area contributed by atoms with E-state index in [-0.39, 0.29) is 0 Å². The summed E-state index contributed by atoms with van der Waals surface area (Å²) in [5.74, 6) is 1.83. The molecule has 17 heavy (non-hydrogen) atoms. The third-order valence-corrected chi connectivity index (χ3v) is 4.41. The van der Waals surface area contributed by atoms with Gasteiger partial charge in [-0.3, -0.25) is 0 Å². The predicted octanol–water partition coefficient (Wildman–Crippen LogP) is 4.18. The van der Waals surface area contributed by atoms with Gasteiger partial charge in [-0.1, -0.05) is 18.2 Å². The quantitative estimate of drug-likeness (QED) is 0.858. The maximum absolute atomic E-state index is 4.30. The zero-order valence-corrected chi connectivity index (χ0v) is 11.9. The molecule has 88 valence electrons. The predicted molar refractivity (Wildman–Crippen MR) is 77.5 cm³/mol. The molecule has 0 aliphatic rings. The van der Waals surface area contributed by atoms with E-state index in [2.05, 4.69) is 50.5 Å². The van der Waals surface area contributed by atoms with Gasteiger partial charge in [-0.2, -0.15) is 0 Å². The first kappa shape index (κ1) is 12.5. The van der Waals surface area contributed by atoms with Gasteiger partial charge in [-0.05, 0) is 39.7 Å². The van der Waals surface area contributed by atoms with E-state index in [0.29, 0.717) is 0 Å². The Morgan fingerprint density at radius 2 is 2.06 bits per heavy atom. The van der Waals surface area contributed by atoms with Crippen molar-refractivity contribution in [2.45, 2.75) is 10.6 Å². The molecule has 1 aromatic heterocycles. The molecular weight excluding hydrogens is 296 g/mol. The van der Waals surface area contributed by atoms with Gasteiger partial charge in [0.25, 0.3) is 0 Å². The topological polar surface area (TPSA) is 24.9 Å². The van der Waals surface area contributed by atoms with E-state index in [0.717, 1.165) is 16.0 Å². The molecular formula is C13H13BrN2S. The lowest BCUT2D eigenvalue weighted by atomic mass is 10.3. The molecule has 1 aromatic carbocycles. The van der Waals surface area contributed by atoms with Gasteiger partial charge < -0.3 is 5.32 Å². The highest BCUT2D eigenvalue weighted by molar-refractivity contribution is 9.10. The van der Waals surface area contributed by atoms with Crippen molar-refractivity contribution in [3.8, 4) is 0 Å². The van der Waals surface area contributed by atoms with Gasteiger partial charge in [0.2, 0.25) is 0 Å². The minimum atomic E-state index is 0.902. The highest BCUT2D eigenvalue weighted by atomic mass is 79.9. The van der Waals surface area contributed by atoms with Gasteiger partial charge in [0.05, 0.1) is 0 Å². The molecule has 4 heteroatoms. The van der Waals surface area contributed by atoms with Crippen molar-refractivity contribution < 1.29 is 0 Å². The van der Waals surface area contributed by atoms with Crippen LogP contribution in [-0.2, 0) is 5.75 Å². The fourth-order valence-electron chi connectivity index (χ4n) is 1.38. The Morgan fingerprint density at radius 1 is 1.24 bits per heavy atom. The van der Waals surface area contributed by atoms with Crippen molar-refractivity contribution in [1.29, 1.82) is 0 Å². The molecule has 0 amide bonds. The molecule has 2 nitrogen and oxygen atoms in total. The third kappa shape index (κ3) is 3.48. The first-order valence-corrected chi connectivity index (χ1v) is 7.07. The smallest absolute Gasteiger partial charge is 0.125 e. The van der Waals surface area contributed by atoms with Crippen LogP contribution in [0.2, 0.25) is 0 Å². The standard InChI is InChI=1S/C13H13BrN2S/c1-15-13-7-6-10(8-16-13)9-17-12-5-3-2-4-11(12)14/h2-8H,9H2,1H3,(H,15,16). The minimum absolute atomic E-state index is 0.902. The van der Waals surface area contributed by atoms with Crippen molar-refractivity contribution in [2.24, 2.45) is 0 Å². The third-order valence-electron chi connectivity index (χ3n) is 2.31. The monoisotopic (exact) mass is 308 g/mol. The summed E-state index contributed by atoms with van der Waals surface area (Å²) in [4.78, 5) is 5.55. The van der Waals surface area contributed by atoms with Crippen molar-refractivity contribution in [3.05, 3.63) is 52.6 Å². The molecule has 0 fully saturated rings. The molecule has 1 N–H and O–H groups in total. The van der Waals surface area contributed by atoms with E-state index in [1.54, 1.807) is 11.8 Å². The number of hydrogen-bond donors (Lipinski definition) is 1. The van der Waals surface area contributed by atoms with Gasteiger partial charge in [-0.15, -0.1) is 11.8 Å². The summed E-state index contributed by atoms with van der Waals surface area (Å²) in [5.41, 5.74) is 1.23. The second kappa shape index (κ2) is 6.07. The Hall–Kier alpha value is -1.00. The summed E-state index contributed by atoms with van der Waals surface area (Å²) in [6.45, 7) is 0. The maximum Gasteiger partial charge on any atom is 0.125 e. The molecule has 0 bridgehead atoms. The van der Waals surface area contributed by atoms with Gasteiger partial charge in [0.15, 0.2) is 0 Å². The lowest BCUT2D eigenvalue weighted by Gasteiger charge is -2.05. The second-order valence-electron chi connectivity index (χ2n) is 3.52. The van der Waals surface area contributed by atoms with Crippen LogP contribution in [0.1, 0.15) is 5.56 Å². The highest BCUT2D eigenvalue weighted by Crippen LogP contribution is 2.29. The molecule has 0 radical (unpaired) electrons. The number of nitrogens with one attached hydrogen (secondary N) is 1. The number of nitrogens with zero attached hydrogens (tertiary/aromatic N) is 1. The number of aromatic nitrogens is 1. The van der Waals surface area contributed by atoms with E-state index in [1.807, 2.05) is 25.4 Å². The molecule has 0 atom stereocenters.